The molecule has 0 aliphatic rings. The summed E-state index contributed by atoms with van der Waals surface area (Å²) in [5.41, 5.74) is 0.888. The highest BCUT2D eigenvalue weighted by Crippen LogP contribution is 2.10. The number of carbonyl (C=O) groups excluding carboxylic acids is 1. The van der Waals surface area contributed by atoms with Crippen molar-refractivity contribution in [3.8, 4) is 0 Å². The molecular weight excluding hydrogens is 393 g/mol. The Morgan fingerprint density at radius 1 is 1.24 bits per heavy atom. The van der Waals surface area contributed by atoms with Gasteiger partial charge in [0.1, 0.15) is 17.5 Å². The zero-order valence-corrected chi connectivity index (χ0v) is 16.2. The number of nitrogens with one attached hydrogen (secondary N) is 1. The van der Waals surface area contributed by atoms with E-state index in [4.69, 9.17) is 0 Å². The van der Waals surface area contributed by atoms with Gasteiger partial charge in [0.05, 0.1) is 25.7 Å². The monoisotopic (exact) mass is 411 g/mol. The number of fused-ring (bicyclic) bond motifs is 1. The largest absolute Gasteiger partial charge is 0.354 e. The minimum Gasteiger partial charge on any atom is -0.354 e. The second kappa shape index (κ2) is 8.36. The fraction of sp³-hybridized carbons (Fsp3) is 0.200. The van der Waals surface area contributed by atoms with Crippen LogP contribution in [0.5, 0.6) is 0 Å². The third-order valence-corrected chi connectivity index (χ3v) is 5.30. The van der Waals surface area contributed by atoms with Crippen molar-refractivity contribution in [3.05, 3.63) is 80.9 Å². The molecular formula is C20H18FN5O2S. The Morgan fingerprint density at radius 3 is 2.93 bits per heavy atom. The van der Waals surface area contributed by atoms with Gasteiger partial charge in [-0.15, -0.1) is 11.3 Å². The molecule has 3 heterocycles. The smallest absolute Gasteiger partial charge is 0.264 e. The molecule has 0 aliphatic heterocycles. The van der Waals surface area contributed by atoms with Gasteiger partial charge in [0, 0.05) is 11.4 Å². The van der Waals surface area contributed by atoms with E-state index in [1.807, 2.05) is 17.5 Å². The molecule has 0 atom stereocenters. The maximum absolute atomic E-state index is 13.4. The van der Waals surface area contributed by atoms with Crippen LogP contribution in [0, 0.1) is 5.82 Å². The first-order chi connectivity index (χ1) is 14.1. The lowest BCUT2D eigenvalue weighted by molar-refractivity contribution is -0.120. The summed E-state index contributed by atoms with van der Waals surface area (Å²) in [4.78, 5) is 30.0. The second-order valence-corrected chi connectivity index (χ2v) is 7.55. The van der Waals surface area contributed by atoms with Crippen molar-refractivity contribution < 1.29 is 9.18 Å². The molecule has 0 aliphatic carbocycles. The number of nitrogens with zero attached hydrogens (tertiary/aromatic N) is 4. The number of benzene rings is 1. The molecule has 1 amide bonds. The molecule has 0 bridgehead atoms. The number of aromatic nitrogens is 4. The van der Waals surface area contributed by atoms with Crippen LogP contribution < -0.4 is 10.9 Å². The zero-order chi connectivity index (χ0) is 20.2. The molecule has 1 N–H and O–H groups in total. The van der Waals surface area contributed by atoms with Gasteiger partial charge in [-0.1, -0.05) is 18.2 Å². The Kier molecular flexibility index (Phi) is 5.48. The minimum absolute atomic E-state index is 0.0608. The summed E-state index contributed by atoms with van der Waals surface area (Å²) in [5.74, 6) is -0.409. The predicted molar refractivity (Wildman–Crippen MR) is 108 cm³/mol. The molecule has 0 spiro atoms. The molecule has 4 rings (SSSR count). The molecule has 0 radical (unpaired) electrons. The highest BCUT2D eigenvalue weighted by Gasteiger charge is 2.11. The normalized spacial score (nSPS) is 11.1. The van der Waals surface area contributed by atoms with Gasteiger partial charge in [-0.05, 0) is 29.1 Å². The number of hydrogen-bond donors (Lipinski definition) is 1. The Bertz CT molecular complexity index is 1200. The van der Waals surface area contributed by atoms with Crippen LogP contribution >= 0.6 is 11.3 Å². The Morgan fingerprint density at radius 2 is 2.14 bits per heavy atom. The lowest BCUT2D eigenvalue weighted by Gasteiger charge is -2.07. The van der Waals surface area contributed by atoms with Crippen LogP contribution in [0.15, 0.2) is 59.1 Å². The SMILES string of the molecule is O=C(Cc1cccs1)NCCn1ncc2c(=O)n(Cc3cccc(F)c3)cnc21. The van der Waals surface area contributed by atoms with Crippen LogP contribution in [0.3, 0.4) is 0 Å². The van der Waals surface area contributed by atoms with Crippen LogP contribution in [0.25, 0.3) is 11.0 Å². The molecule has 1 aromatic carbocycles. The van der Waals surface area contributed by atoms with Gasteiger partial charge < -0.3 is 5.32 Å². The van der Waals surface area contributed by atoms with Crippen molar-refractivity contribution in [2.45, 2.75) is 19.5 Å². The van der Waals surface area contributed by atoms with Crippen molar-refractivity contribution in [3.63, 3.8) is 0 Å². The average Bonchev–Trinajstić information content (AvgIpc) is 3.34. The van der Waals surface area contributed by atoms with Crippen LogP contribution in [-0.4, -0.2) is 31.8 Å². The summed E-state index contributed by atoms with van der Waals surface area (Å²) in [7, 11) is 0. The molecule has 0 unspecified atom stereocenters. The first-order valence-electron chi connectivity index (χ1n) is 9.04. The Labute approximate surface area is 169 Å². The predicted octanol–water partition coefficient (Wildman–Crippen LogP) is 2.20. The van der Waals surface area contributed by atoms with Crippen molar-refractivity contribution in [1.29, 1.82) is 0 Å². The number of hydrogen-bond acceptors (Lipinski definition) is 5. The van der Waals surface area contributed by atoms with Crippen molar-refractivity contribution in [1.82, 2.24) is 24.6 Å². The third kappa shape index (κ3) is 4.40. The highest BCUT2D eigenvalue weighted by atomic mass is 32.1. The molecule has 3 aromatic heterocycles. The number of carbonyl (C=O) groups is 1. The van der Waals surface area contributed by atoms with E-state index < -0.39 is 0 Å². The molecule has 0 fully saturated rings. The van der Waals surface area contributed by atoms with Gasteiger partial charge in [0.15, 0.2) is 5.65 Å². The molecule has 148 valence electrons. The number of halogens is 1. The van der Waals surface area contributed by atoms with E-state index in [0.29, 0.717) is 36.1 Å². The molecule has 0 saturated heterocycles. The van der Waals surface area contributed by atoms with E-state index in [2.05, 4.69) is 15.4 Å². The van der Waals surface area contributed by atoms with Crippen LogP contribution in [-0.2, 0) is 24.3 Å². The summed E-state index contributed by atoms with van der Waals surface area (Å²) in [6.07, 6.45) is 3.25. The summed E-state index contributed by atoms with van der Waals surface area (Å²) in [6, 6.07) is 9.93. The topological polar surface area (TPSA) is 81.8 Å². The first-order valence-corrected chi connectivity index (χ1v) is 9.92. The fourth-order valence-corrected chi connectivity index (χ4v) is 3.74. The Balaban J connectivity index is 1.43. The maximum atomic E-state index is 13.4. The molecule has 9 heteroatoms. The van der Waals surface area contributed by atoms with Gasteiger partial charge in [-0.2, -0.15) is 5.10 Å². The summed E-state index contributed by atoms with van der Waals surface area (Å²) < 4.78 is 16.4. The maximum Gasteiger partial charge on any atom is 0.264 e. The van der Waals surface area contributed by atoms with E-state index in [0.717, 1.165) is 4.88 Å². The van der Waals surface area contributed by atoms with Gasteiger partial charge >= 0.3 is 0 Å². The summed E-state index contributed by atoms with van der Waals surface area (Å²) in [5, 5.41) is 9.39. The standard InChI is InChI=1S/C20H18FN5O2S/c21-15-4-1-3-14(9-15)12-25-13-23-19-17(20(25)28)11-24-26(19)7-6-22-18(27)10-16-5-2-8-29-16/h1-5,8-9,11,13H,6-7,10,12H2,(H,22,27). The quantitative estimate of drug-likeness (QED) is 0.506. The van der Waals surface area contributed by atoms with E-state index in [1.165, 1.54) is 29.2 Å². The van der Waals surface area contributed by atoms with E-state index in [-0.39, 0.29) is 23.8 Å². The van der Waals surface area contributed by atoms with Crippen LogP contribution in [0.1, 0.15) is 10.4 Å². The van der Waals surface area contributed by atoms with E-state index in [1.54, 1.807) is 28.2 Å². The van der Waals surface area contributed by atoms with E-state index in [9.17, 15) is 14.0 Å². The number of rotatable bonds is 7. The van der Waals surface area contributed by atoms with Crippen molar-refractivity contribution in [2.75, 3.05) is 6.54 Å². The van der Waals surface area contributed by atoms with Crippen molar-refractivity contribution in [2.24, 2.45) is 0 Å². The number of thiophene rings is 1. The molecule has 7 nitrogen and oxygen atoms in total. The third-order valence-electron chi connectivity index (χ3n) is 4.42. The zero-order valence-electron chi connectivity index (χ0n) is 15.4. The number of amides is 1. The highest BCUT2D eigenvalue weighted by molar-refractivity contribution is 7.10. The van der Waals surface area contributed by atoms with Crippen molar-refractivity contribution >= 4 is 28.3 Å². The van der Waals surface area contributed by atoms with E-state index >= 15 is 0 Å². The van der Waals surface area contributed by atoms with Gasteiger partial charge in [0.2, 0.25) is 5.91 Å². The minimum atomic E-state index is -0.349. The lowest BCUT2D eigenvalue weighted by atomic mass is 10.2. The molecule has 0 saturated carbocycles. The molecule has 4 aromatic rings. The fourth-order valence-electron chi connectivity index (χ4n) is 3.04. The van der Waals surface area contributed by atoms with Gasteiger partial charge in [0.25, 0.3) is 5.56 Å². The van der Waals surface area contributed by atoms with Gasteiger partial charge in [-0.3, -0.25) is 14.2 Å². The first kappa shape index (κ1) is 19.0. The Hall–Kier alpha value is -3.33. The van der Waals surface area contributed by atoms with Crippen LogP contribution in [0.4, 0.5) is 4.39 Å². The second-order valence-electron chi connectivity index (χ2n) is 6.52. The summed E-state index contributed by atoms with van der Waals surface area (Å²) >= 11 is 1.54. The van der Waals surface area contributed by atoms with Crippen LogP contribution in [0.2, 0.25) is 0 Å². The summed E-state index contributed by atoms with van der Waals surface area (Å²) in [6.45, 7) is 1.01. The lowest BCUT2D eigenvalue weighted by Crippen LogP contribution is -2.28. The van der Waals surface area contributed by atoms with Gasteiger partial charge in [-0.25, -0.2) is 14.1 Å². The average molecular weight is 411 g/mol. The molecule has 29 heavy (non-hydrogen) atoms.